The van der Waals surface area contributed by atoms with Crippen molar-refractivity contribution in [2.24, 2.45) is 0 Å². The summed E-state index contributed by atoms with van der Waals surface area (Å²) < 4.78 is 111. The quantitative estimate of drug-likeness (QED) is 0.275. The molecule has 3 aromatic carbocycles. The van der Waals surface area contributed by atoms with Crippen molar-refractivity contribution in [3.05, 3.63) is 95.6 Å². The van der Waals surface area contributed by atoms with E-state index in [1.807, 2.05) is 5.32 Å². The van der Waals surface area contributed by atoms with Gasteiger partial charge in [-0.25, -0.2) is 13.6 Å². The largest absolute Gasteiger partial charge is 0.573 e. The third-order valence-corrected chi connectivity index (χ3v) is 5.56. The van der Waals surface area contributed by atoms with E-state index in [4.69, 9.17) is 0 Å². The van der Waals surface area contributed by atoms with Crippen LogP contribution in [0, 0.1) is 0 Å². The Balaban J connectivity index is 2.17. The van der Waals surface area contributed by atoms with Gasteiger partial charge in [0.2, 0.25) is 0 Å². The van der Waals surface area contributed by atoms with Crippen LogP contribution in [0.25, 0.3) is 0 Å². The molecule has 0 spiro atoms. The van der Waals surface area contributed by atoms with E-state index in [0.29, 0.717) is 5.56 Å². The van der Waals surface area contributed by atoms with Gasteiger partial charge in [0, 0.05) is 12.0 Å². The monoisotopic (exact) mass is 562 g/mol. The molecule has 0 bridgehead atoms. The van der Waals surface area contributed by atoms with E-state index in [-0.39, 0.29) is 17.5 Å². The van der Waals surface area contributed by atoms with E-state index < -0.39 is 55.2 Å². The molecular weight excluding hydrogens is 540 g/mol. The molecule has 0 heterocycles. The molecular formula is C26H22F8N2O3. The van der Waals surface area contributed by atoms with Gasteiger partial charge in [0.15, 0.2) is 0 Å². The van der Waals surface area contributed by atoms with Gasteiger partial charge in [-0.2, -0.15) is 0 Å². The molecule has 0 saturated carbocycles. The number of carbonyl (C=O) groups is 1. The standard InChI is InChI=1S/C26H22F8N2O3/c27-22(28)15-35-23(37)36-16-24(14-17-6-2-1-3-7-17,18-8-4-10-20(12-18)38-25(29,30)31)19-9-5-11-21(13-19)39-26(32,33)34/h1-13,22H,14-16H2,(H2,35,36,37). The van der Waals surface area contributed by atoms with Crippen molar-refractivity contribution in [1.82, 2.24) is 10.6 Å². The van der Waals surface area contributed by atoms with E-state index in [1.165, 1.54) is 24.3 Å². The predicted octanol–water partition coefficient (Wildman–Crippen LogP) is 6.58. The average molecular weight is 562 g/mol. The van der Waals surface area contributed by atoms with Gasteiger partial charge in [-0.1, -0.05) is 54.6 Å². The lowest BCUT2D eigenvalue weighted by molar-refractivity contribution is -0.275. The highest BCUT2D eigenvalue weighted by molar-refractivity contribution is 5.74. The van der Waals surface area contributed by atoms with Gasteiger partial charge in [-0.15, -0.1) is 26.3 Å². The molecule has 13 heteroatoms. The van der Waals surface area contributed by atoms with Gasteiger partial charge in [0.05, 0.1) is 6.54 Å². The van der Waals surface area contributed by atoms with Gasteiger partial charge in [0.25, 0.3) is 6.43 Å². The van der Waals surface area contributed by atoms with Crippen LogP contribution in [0.4, 0.5) is 39.9 Å². The molecule has 0 aliphatic carbocycles. The highest BCUT2D eigenvalue weighted by Gasteiger charge is 2.38. The number of halogens is 8. The maximum Gasteiger partial charge on any atom is 0.573 e. The molecule has 0 atom stereocenters. The van der Waals surface area contributed by atoms with Crippen molar-refractivity contribution in [2.75, 3.05) is 13.1 Å². The molecule has 0 fully saturated rings. The lowest BCUT2D eigenvalue weighted by Crippen LogP contribution is -2.47. The summed E-state index contributed by atoms with van der Waals surface area (Å²) in [5.41, 5.74) is -0.645. The summed E-state index contributed by atoms with van der Waals surface area (Å²) in [5.74, 6) is -1.22. The summed E-state index contributed by atoms with van der Waals surface area (Å²) in [5, 5.41) is 4.38. The average Bonchev–Trinajstić information content (AvgIpc) is 2.84. The van der Waals surface area contributed by atoms with Crippen molar-refractivity contribution in [1.29, 1.82) is 0 Å². The van der Waals surface area contributed by atoms with E-state index in [0.717, 1.165) is 24.3 Å². The maximum absolute atomic E-state index is 13.0. The number of ether oxygens (including phenoxy) is 2. The van der Waals surface area contributed by atoms with E-state index in [2.05, 4.69) is 14.8 Å². The SMILES string of the molecule is O=C(NCC(F)F)NCC(Cc1ccccc1)(c1cccc(OC(F)(F)F)c1)c1cccc(OC(F)(F)F)c1. The van der Waals surface area contributed by atoms with E-state index >= 15 is 0 Å². The Morgan fingerprint density at radius 1 is 0.718 bits per heavy atom. The number of hydrogen-bond donors (Lipinski definition) is 2. The summed E-state index contributed by atoms with van der Waals surface area (Å²) in [6.07, 6.45) is -12.9. The topological polar surface area (TPSA) is 59.6 Å². The third-order valence-electron chi connectivity index (χ3n) is 5.56. The minimum atomic E-state index is -5.03. The van der Waals surface area contributed by atoms with Crippen LogP contribution in [0.2, 0.25) is 0 Å². The number of urea groups is 1. The zero-order valence-electron chi connectivity index (χ0n) is 20.0. The number of amides is 2. The third kappa shape index (κ3) is 9.04. The molecule has 5 nitrogen and oxygen atoms in total. The molecule has 3 aromatic rings. The first kappa shape index (κ1) is 29.5. The minimum Gasteiger partial charge on any atom is -0.406 e. The van der Waals surface area contributed by atoms with Crippen LogP contribution < -0.4 is 20.1 Å². The van der Waals surface area contributed by atoms with Crippen molar-refractivity contribution in [3.8, 4) is 11.5 Å². The summed E-state index contributed by atoms with van der Waals surface area (Å²) in [4.78, 5) is 12.3. The van der Waals surface area contributed by atoms with Crippen molar-refractivity contribution < 1.29 is 49.4 Å². The summed E-state index contributed by atoms with van der Waals surface area (Å²) in [6, 6.07) is 16.9. The molecule has 0 aliphatic heterocycles. The Bertz CT molecular complexity index is 1170. The van der Waals surface area contributed by atoms with Crippen LogP contribution in [0.5, 0.6) is 11.5 Å². The minimum absolute atomic E-state index is 0.0338. The van der Waals surface area contributed by atoms with Crippen LogP contribution in [0.3, 0.4) is 0 Å². The Morgan fingerprint density at radius 2 is 1.23 bits per heavy atom. The Hall–Kier alpha value is -4.03. The number of rotatable bonds is 10. The highest BCUT2D eigenvalue weighted by Crippen LogP contribution is 2.39. The zero-order valence-corrected chi connectivity index (χ0v) is 20.0. The Kier molecular flexibility index (Phi) is 9.25. The molecule has 39 heavy (non-hydrogen) atoms. The first-order chi connectivity index (χ1) is 18.3. The molecule has 0 saturated heterocycles. The van der Waals surface area contributed by atoms with Crippen molar-refractivity contribution in [3.63, 3.8) is 0 Å². The van der Waals surface area contributed by atoms with Crippen molar-refractivity contribution >= 4 is 6.03 Å². The van der Waals surface area contributed by atoms with Gasteiger partial charge in [0.1, 0.15) is 11.5 Å². The zero-order chi connectivity index (χ0) is 28.7. The van der Waals surface area contributed by atoms with Crippen LogP contribution >= 0.6 is 0 Å². The van der Waals surface area contributed by atoms with E-state index in [1.54, 1.807) is 30.3 Å². The van der Waals surface area contributed by atoms with E-state index in [9.17, 15) is 39.9 Å². The maximum atomic E-state index is 13.0. The number of hydrogen-bond acceptors (Lipinski definition) is 3. The number of benzene rings is 3. The summed E-state index contributed by atoms with van der Waals surface area (Å²) in [7, 11) is 0. The lowest BCUT2D eigenvalue weighted by atomic mass is 9.70. The van der Waals surface area contributed by atoms with Crippen LogP contribution in [-0.2, 0) is 11.8 Å². The van der Waals surface area contributed by atoms with Gasteiger partial charge in [-0.3, -0.25) is 0 Å². The second kappa shape index (κ2) is 12.2. The van der Waals surface area contributed by atoms with Crippen LogP contribution in [0.15, 0.2) is 78.9 Å². The molecule has 0 unspecified atom stereocenters. The van der Waals surface area contributed by atoms with Gasteiger partial charge < -0.3 is 20.1 Å². The first-order valence-corrected chi connectivity index (χ1v) is 11.3. The van der Waals surface area contributed by atoms with Crippen LogP contribution in [0.1, 0.15) is 16.7 Å². The smallest absolute Gasteiger partial charge is 0.406 e. The molecule has 3 rings (SSSR count). The van der Waals surface area contributed by atoms with Crippen LogP contribution in [-0.4, -0.2) is 38.3 Å². The Labute approximate surface area is 217 Å². The molecule has 0 aliphatic rings. The molecule has 2 amide bonds. The highest BCUT2D eigenvalue weighted by atomic mass is 19.4. The van der Waals surface area contributed by atoms with Crippen molar-refractivity contribution in [2.45, 2.75) is 31.0 Å². The van der Waals surface area contributed by atoms with Gasteiger partial charge >= 0.3 is 18.8 Å². The molecule has 2 N–H and O–H groups in total. The normalized spacial score (nSPS) is 12.2. The number of alkyl halides is 8. The molecule has 210 valence electrons. The fourth-order valence-electron chi connectivity index (χ4n) is 4.03. The summed E-state index contributed by atoms with van der Waals surface area (Å²) >= 11 is 0. The number of nitrogens with one attached hydrogen (secondary N) is 2. The first-order valence-electron chi connectivity index (χ1n) is 11.3. The summed E-state index contributed by atoms with van der Waals surface area (Å²) in [6.45, 7) is -1.39. The fraction of sp³-hybridized carbons (Fsp3) is 0.269. The number of carbonyl (C=O) groups excluding carboxylic acids is 1. The fourth-order valence-corrected chi connectivity index (χ4v) is 4.03. The second-order valence-electron chi connectivity index (χ2n) is 8.35. The Morgan fingerprint density at radius 3 is 1.69 bits per heavy atom. The van der Waals surface area contributed by atoms with Gasteiger partial charge in [-0.05, 0) is 47.4 Å². The lowest BCUT2D eigenvalue weighted by Gasteiger charge is -2.36. The second-order valence-corrected chi connectivity index (χ2v) is 8.35. The molecule has 0 radical (unpaired) electrons. The predicted molar refractivity (Wildman–Crippen MR) is 125 cm³/mol. The molecule has 0 aromatic heterocycles.